The molecule has 14 heteroatoms. The van der Waals surface area contributed by atoms with Crippen molar-refractivity contribution in [3.05, 3.63) is 48.6 Å². The molecule has 2 aliphatic rings. The van der Waals surface area contributed by atoms with Crippen LogP contribution in [0.3, 0.4) is 0 Å². The maximum atomic E-state index is 13.0. The van der Waals surface area contributed by atoms with E-state index < -0.39 is 86.7 Å². The predicted octanol–water partition coefficient (Wildman–Crippen LogP) is 7.96. The highest BCUT2D eigenvalue weighted by Crippen LogP contribution is 2.26. The number of aliphatic hydroxyl groups is 7. The van der Waals surface area contributed by atoms with Gasteiger partial charge in [0, 0.05) is 13.0 Å². The maximum Gasteiger partial charge on any atom is 0.306 e. The summed E-state index contributed by atoms with van der Waals surface area (Å²) in [6.45, 7) is 3.60. The Morgan fingerprint density at radius 3 is 1.49 bits per heavy atom. The molecule has 0 radical (unpaired) electrons. The van der Waals surface area contributed by atoms with Gasteiger partial charge in [0.15, 0.2) is 12.6 Å². The fourth-order valence-corrected chi connectivity index (χ4v) is 7.99. The van der Waals surface area contributed by atoms with Gasteiger partial charge in [-0.3, -0.25) is 4.79 Å². The monoisotopic (exact) mass is 955 g/mol. The van der Waals surface area contributed by atoms with Crippen LogP contribution in [0.25, 0.3) is 0 Å². The third-order valence-electron chi connectivity index (χ3n) is 12.3. The van der Waals surface area contributed by atoms with Gasteiger partial charge in [-0.2, -0.15) is 0 Å². The van der Waals surface area contributed by atoms with E-state index in [0.717, 1.165) is 77.0 Å². The molecule has 11 atom stereocenters. The molecule has 2 rings (SSSR count). The summed E-state index contributed by atoms with van der Waals surface area (Å²) in [6.07, 6.45) is 30.3. The summed E-state index contributed by atoms with van der Waals surface area (Å²) in [6, 6.07) is 0. The fourth-order valence-electron chi connectivity index (χ4n) is 7.99. The van der Waals surface area contributed by atoms with Crippen LogP contribution in [0.4, 0.5) is 0 Å². The summed E-state index contributed by atoms with van der Waals surface area (Å²) in [5.74, 6) is -0.390. The molecule has 0 amide bonds. The van der Waals surface area contributed by atoms with E-state index in [1.54, 1.807) is 0 Å². The van der Waals surface area contributed by atoms with Crippen molar-refractivity contribution in [1.82, 2.24) is 0 Å². The maximum absolute atomic E-state index is 13.0. The molecule has 0 spiro atoms. The lowest BCUT2D eigenvalue weighted by atomic mass is 9.98. The third kappa shape index (κ3) is 28.4. The number of carbonyl (C=O) groups is 1. The zero-order valence-corrected chi connectivity index (χ0v) is 41.4. The lowest BCUT2D eigenvalue weighted by molar-refractivity contribution is -0.332. The topological polar surface area (TPSA) is 214 Å². The smallest absolute Gasteiger partial charge is 0.306 e. The Labute approximate surface area is 403 Å². The number of rotatable bonds is 41. The number of hydrogen-bond donors (Lipinski definition) is 7. The average molecular weight is 955 g/mol. The van der Waals surface area contributed by atoms with E-state index in [4.69, 9.17) is 28.4 Å². The molecule has 7 N–H and O–H groups in total. The molecule has 0 aromatic heterocycles. The molecule has 0 saturated carbocycles. The van der Waals surface area contributed by atoms with Crippen molar-refractivity contribution in [1.29, 1.82) is 0 Å². The molecule has 11 unspecified atom stereocenters. The minimum absolute atomic E-state index is 0.0506. The van der Waals surface area contributed by atoms with Crippen LogP contribution in [-0.4, -0.2) is 142 Å². The van der Waals surface area contributed by atoms with Crippen molar-refractivity contribution in [2.45, 2.75) is 248 Å². The number of aliphatic hydroxyl groups excluding tert-OH is 7. The molecular weight excluding hydrogens is 861 g/mol. The Morgan fingerprint density at radius 2 is 0.925 bits per heavy atom. The highest BCUT2D eigenvalue weighted by Gasteiger charge is 2.47. The Kier molecular flexibility index (Phi) is 37.1. The fraction of sp³-hybridized carbons (Fsp3) is 0.830. The van der Waals surface area contributed by atoms with Gasteiger partial charge >= 0.3 is 5.97 Å². The van der Waals surface area contributed by atoms with Crippen LogP contribution in [0.5, 0.6) is 0 Å². The minimum Gasteiger partial charge on any atom is -0.457 e. The van der Waals surface area contributed by atoms with Crippen LogP contribution in [0.1, 0.15) is 181 Å². The first-order valence-corrected chi connectivity index (χ1v) is 26.2. The van der Waals surface area contributed by atoms with E-state index in [-0.39, 0.29) is 19.6 Å². The number of unbranched alkanes of at least 4 members (excludes halogenated alkanes) is 19. The van der Waals surface area contributed by atoms with Gasteiger partial charge in [-0.1, -0.05) is 146 Å². The molecule has 67 heavy (non-hydrogen) atoms. The van der Waals surface area contributed by atoms with Crippen molar-refractivity contribution in [2.24, 2.45) is 0 Å². The molecule has 0 aromatic rings. The molecule has 2 aliphatic heterocycles. The van der Waals surface area contributed by atoms with Crippen LogP contribution in [-0.2, 0) is 33.2 Å². The second-order valence-electron chi connectivity index (χ2n) is 18.3. The summed E-state index contributed by atoms with van der Waals surface area (Å²) in [5.41, 5.74) is 0. The van der Waals surface area contributed by atoms with E-state index in [2.05, 4.69) is 62.5 Å². The van der Waals surface area contributed by atoms with E-state index in [9.17, 15) is 40.5 Å². The van der Waals surface area contributed by atoms with Gasteiger partial charge in [0.1, 0.15) is 54.9 Å². The number of allylic oxidation sites excluding steroid dienone is 8. The third-order valence-corrected chi connectivity index (χ3v) is 12.3. The van der Waals surface area contributed by atoms with Crippen LogP contribution in [0.15, 0.2) is 48.6 Å². The summed E-state index contributed by atoms with van der Waals surface area (Å²) >= 11 is 0. The molecule has 14 nitrogen and oxygen atoms in total. The Bertz CT molecular complexity index is 1290. The summed E-state index contributed by atoms with van der Waals surface area (Å²) in [4.78, 5) is 13.0. The summed E-state index contributed by atoms with van der Waals surface area (Å²) in [7, 11) is 0. The molecule has 0 bridgehead atoms. The van der Waals surface area contributed by atoms with E-state index in [1.807, 2.05) is 0 Å². The van der Waals surface area contributed by atoms with E-state index in [0.29, 0.717) is 13.0 Å². The van der Waals surface area contributed by atoms with E-state index >= 15 is 0 Å². The van der Waals surface area contributed by atoms with Crippen molar-refractivity contribution >= 4 is 5.97 Å². The highest BCUT2D eigenvalue weighted by atomic mass is 16.7. The van der Waals surface area contributed by atoms with Gasteiger partial charge in [-0.25, -0.2) is 0 Å². The Balaban J connectivity index is 1.76. The van der Waals surface area contributed by atoms with Crippen LogP contribution < -0.4 is 0 Å². The second kappa shape index (κ2) is 40.7. The standard InChI is InChI=1S/C53H94O14/c1-3-5-7-9-11-13-15-17-18-19-20-21-22-23-25-27-29-31-33-35-37-62-39-42(65-45(55)36-34-32-30-28-26-24-16-14-12-10-8-6-4-2)40-63-52-51(61)49(59)47(57)44(67-52)41-64-53-50(60)48(58)46(56)43(38-54)66-53/h11,13-14,16-18,20-21,42-44,46-54,56-61H,3-10,12,15,19,22-41H2,1-2H3/b13-11-,16-14-,18-17-,21-20-. The molecule has 2 heterocycles. The molecule has 2 saturated heterocycles. The number of esters is 1. The van der Waals surface area contributed by atoms with Crippen molar-refractivity contribution < 1.29 is 69.0 Å². The van der Waals surface area contributed by atoms with Gasteiger partial charge in [-0.15, -0.1) is 0 Å². The predicted molar refractivity (Wildman–Crippen MR) is 261 cm³/mol. The average Bonchev–Trinajstić information content (AvgIpc) is 3.32. The zero-order valence-electron chi connectivity index (χ0n) is 41.4. The largest absolute Gasteiger partial charge is 0.457 e. The first-order chi connectivity index (χ1) is 32.6. The first-order valence-electron chi connectivity index (χ1n) is 26.2. The number of hydrogen-bond acceptors (Lipinski definition) is 14. The molecule has 2 fully saturated rings. The van der Waals surface area contributed by atoms with Gasteiger partial charge in [0.25, 0.3) is 0 Å². The van der Waals surface area contributed by atoms with Crippen LogP contribution in [0.2, 0.25) is 0 Å². The molecule has 0 aromatic carbocycles. The van der Waals surface area contributed by atoms with Crippen LogP contribution >= 0.6 is 0 Å². The molecular formula is C53H94O14. The SMILES string of the molecule is CCCCC/C=C\C/C=C\C/C=C\CCCCCCCCCOCC(COC1OC(COC2OC(CO)C(O)C(O)C2O)C(O)C(O)C1O)OC(=O)CCCCCCC/C=C\CCCCCC. The van der Waals surface area contributed by atoms with Crippen LogP contribution in [0, 0.1) is 0 Å². The zero-order chi connectivity index (χ0) is 48.7. The summed E-state index contributed by atoms with van der Waals surface area (Å²) in [5, 5.41) is 72.1. The lowest BCUT2D eigenvalue weighted by Gasteiger charge is -2.42. The Hall–Kier alpha value is -2.05. The van der Waals surface area contributed by atoms with Gasteiger partial charge in [0.05, 0.1) is 26.4 Å². The molecule has 390 valence electrons. The summed E-state index contributed by atoms with van der Waals surface area (Å²) < 4.78 is 34.3. The van der Waals surface area contributed by atoms with Gasteiger partial charge < -0.3 is 64.2 Å². The number of carbonyl (C=O) groups excluding carboxylic acids is 1. The van der Waals surface area contributed by atoms with Crippen molar-refractivity contribution in [3.63, 3.8) is 0 Å². The molecule has 0 aliphatic carbocycles. The van der Waals surface area contributed by atoms with Gasteiger partial charge in [0.2, 0.25) is 0 Å². The minimum atomic E-state index is -1.71. The Morgan fingerprint density at radius 1 is 0.493 bits per heavy atom. The van der Waals surface area contributed by atoms with Crippen molar-refractivity contribution in [2.75, 3.05) is 33.0 Å². The first kappa shape index (κ1) is 61.1. The highest BCUT2D eigenvalue weighted by molar-refractivity contribution is 5.69. The lowest BCUT2D eigenvalue weighted by Crippen LogP contribution is -2.61. The number of ether oxygens (including phenoxy) is 6. The quantitative estimate of drug-likeness (QED) is 0.0176. The van der Waals surface area contributed by atoms with Gasteiger partial charge in [-0.05, 0) is 77.0 Å². The second-order valence-corrected chi connectivity index (χ2v) is 18.3. The normalized spacial score (nSPS) is 26.5. The van der Waals surface area contributed by atoms with E-state index in [1.165, 1.54) is 77.0 Å². The van der Waals surface area contributed by atoms with Crippen molar-refractivity contribution in [3.8, 4) is 0 Å².